The molecule has 2 aliphatic heterocycles. The van der Waals surface area contributed by atoms with E-state index in [1.165, 1.54) is 105 Å². The van der Waals surface area contributed by atoms with Crippen molar-refractivity contribution in [3.63, 3.8) is 0 Å². The lowest BCUT2D eigenvalue weighted by Crippen LogP contribution is -2.48. The van der Waals surface area contributed by atoms with Gasteiger partial charge in [-0.1, -0.05) is 155 Å². The molecule has 6 aliphatic carbocycles. The number of anilines is 3. The first-order chi connectivity index (χ1) is 30.5. The van der Waals surface area contributed by atoms with Gasteiger partial charge in [0.05, 0.1) is 17.6 Å². The Morgan fingerprint density at radius 2 is 1.34 bits per heavy atom. The van der Waals surface area contributed by atoms with Crippen molar-refractivity contribution >= 4 is 35.4 Å². The number of nitrogens with one attached hydrogen (secondary N) is 1. The van der Waals surface area contributed by atoms with E-state index in [9.17, 15) is 0 Å². The Balaban J connectivity index is 1.12. The van der Waals surface area contributed by atoms with Crippen LogP contribution in [0.5, 0.6) is 5.75 Å². The zero-order chi connectivity index (χ0) is 45.8. The van der Waals surface area contributed by atoms with Gasteiger partial charge in [-0.15, -0.1) is 0 Å². The second-order valence-electron chi connectivity index (χ2n) is 25.4. The van der Waals surface area contributed by atoms with Crippen molar-refractivity contribution in [2.24, 2.45) is 16.7 Å². The van der Waals surface area contributed by atoms with Crippen LogP contribution in [0.25, 0.3) is 5.57 Å². The smallest absolute Gasteiger partial charge is 0.198 e. The molecule has 8 aliphatic rings. The van der Waals surface area contributed by atoms with Crippen molar-refractivity contribution in [1.29, 1.82) is 0 Å². The number of fused-ring (bicyclic) bond motifs is 7. The van der Waals surface area contributed by atoms with E-state index in [-0.39, 0.29) is 50.6 Å². The molecule has 3 aromatic rings. The summed E-state index contributed by atoms with van der Waals surface area (Å²) in [5.74, 6) is 16.0. The highest BCUT2D eigenvalue weighted by atomic mass is 16.5. The van der Waals surface area contributed by atoms with E-state index >= 15 is 0 Å². The Kier molecular flexibility index (Phi) is 9.30. The first-order valence-electron chi connectivity index (χ1n) is 25.2. The fourth-order valence-corrected chi connectivity index (χ4v) is 13.3. The minimum atomic E-state index is -0.0855. The average Bonchev–Trinajstić information content (AvgIpc) is 3.64. The van der Waals surface area contributed by atoms with Gasteiger partial charge in [0.1, 0.15) is 11.9 Å². The highest BCUT2D eigenvalue weighted by molar-refractivity contribution is 6.66. The molecule has 0 radical (unpaired) electrons. The van der Waals surface area contributed by atoms with Gasteiger partial charge in [0.2, 0.25) is 0 Å². The second kappa shape index (κ2) is 14.1. The first-order valence-corrected chi connectivity index (χ1v) is 25.2. The minimum Gasteiger partial charge on any atom is -0.482 e. The second-order valence-corrected chi connectivity index (χ2v) is 25.4. The molecule has 0 amide bonds. The van der Waals surface area contributed by atoms with Crippen LogP contribution in [0.15, 0.2) is 83.0 Å². The molecule has 65 heavy (non-hydrogen) atoms. The van der Waals surface area contributed by atoms with Gasteiger partial charge in [-0.05, 0) is 147 Å². The number of allylic oxidation sites excluding steroid dienone is 5. The Morgan fingerprint density at radius 3 is 2.06 bits per heavy atom. The molecule has 0 saturated heterocycles. The summed E-state index contributed by atoms with van der Waals surface area (Å²) < 4.78 is 7.04. The van der Waals surface area contributed by atoms with E-state index in [1.807, 2.05) is 6.08 Å². The van der Waals surface area contributed by atoms with E-state index < -0.39 is 0 Å². The van der Waals surface area contributed by atoms with Crippen molar-refractivity contribution in [2.75, 3.05) is 10.2 Å². The predicted molar refractivity (Wildman–Crippen MR) is 275 cm³/mol. The maximum absolute atomic E-state index is 7.04. The molecule has 3 aromatic carbocycles. The summed E-state index contributed by atoms with van der Waals surface area (Å²) >= 11 is 0. The van der Waals surface area contributed by atoms with Crippen LogP contribution in [0.1, 0.15) is 181 Å². The maximum Gasteiger partial charge on any atom is 0.198 e. The summed E-state index contributed by atoms with van der Waals surface area (Å²) in [5.41, 5.74) is 21.4. The Labute approximate surface area is 392 Å². The molecular weight excluding hydrogens is 787 g/mol. The molecule has 4 unspecified atom stereocenters. The van der Waals surface area contributed by atoms with Gasteiger partial charge in [-0.25, -0.2) is 0 Å². The molecule has 4 atom stereocenters. The van der Waals surface area contributed by atoms with E-state index in [0.717, 1.165) is 37.2 Å². The van der Waals surface area contributed by atoms with Gasteiger partial charge in [0.15, 0.2) is 7.28 Å². The number of ether oxygens (including phenoxy) is 1. The average molecular weight is 859 g/mol. The van der Waals surface area contributed by atoms with Crippen molar-refractivity contribution in [1.82, 2.24) is 0 Å². The van der Waals surface area contributed by atoms with Crippen LogP contribution in [0.4, 0.5) is 17.1 Å². The van der Waals surface area contributed by atoms with Gasteiger partial charge in [-0.2, -0.15) is 0 Å². The molecule has 1 N–H and O–H groups in total. The van der Waals surface area contributed by atoms with Crippen molar-refractivity contribution < 1.29 is 4.74 Å². The zero-order valence-corrected chi connectivity index (χ0v) is 41.8. The third kappa shape index (κ3) is 6.69. The fourth-order valence-electron chi connectivity index (χ4n) is 13.3. The number of hydrogen-bond donors (Lipinski definition) is 1. The molecule has 0 saturated carbocycles. The summed E-state index contributed by atoms with van der Waals surface area (Å²) in [6, 6.07) is 17.3. The van der Waals surface area contributed by atoms with Crippen LogP contribution in [-0.4, -0.2) is 19.4 Å². The third-order valence-electron chi connectivity index (χ3n) is 18.0. The van der Waals surface area contributed by atoms with E-state index in [1.54, 1.807) is 5.57 Å². The highest BCUT2D eigenvalue weighted by Gasteiger charge is 2.46. The molecule has 2 heterocycles. The van der Waals surface area contributed by atoms with Gasteiger partial charge >= 0.3 is 0 Å². The largest absolute Gasteiger partial charge is 0.482 e. The molecule has 11 rings (SSSR count). The topological polar surface area (TPSA) is 24.5 Å². The Bertz CT molecular complexity index is 2860. The molecular formula is C61H71BN2O. The standard InChI is InChI=1S/C61H71BN2O/c1-36-30-42(40-20-21-41-39-16-14-15-17-52(39)65-55(41)54(40)63-37-18-22-43-45(32-37)58(6,7)26-24-56(43,2)3)53-51(31-36)64(38-19-23-44-46(33-38)59(8,9)27-25-57(44,4)5)50-35-48-47(34-49(50)62-53)60(10,11)28-29-61(48,12)13/h15,17-18,20-22,31-32,34-36,38-39,52,62-63H,24-30,33H2,1-13H3. The molecule has 0 fully saturated rings. The van der Waals surface area contributed by atoms with Crippen LogP contribution >= 0.6 is 0 Å². The lowest BCUT2D eigenvalue weighted by atomic mass is 9.52. The SMILES string of the molecule is CC1C=C2C(=C(c3ccc4c(c3Nc3ccc5c(c3)C(C)(C)CCC5(C)C)OC3C=CC#CC43)C1)Bc1cc3c(cc1N2C1C#CC2=C(C1)C(C)(C)CCC2(C)C)C(C)(C)CCC3(C)C. The van der Waals surface area contributed by atoms with Crippen LogP contribution in [0, 0.1) is 40.4 Å². The monoisotopic (exact) mass is 859 g/mol. The van der Waals surface area contributed by atoms with E-state index in [2.05, 4.69) is 179 Å². The Hall–Kier alpha value is -4.80. The van der Waals surface area contributed by atoms with Crippen molar-refractivity contribution in [2.45, 2.75) is 181 Å². The first kappa shape index (κ1) is 42.8. The quantitative estimate of drug-likeness (QED) is 0.209. The molecule has 0 bridgehead atoms. The van der Waals surface area contributed by atoms with E-state index in [4.69, 9.17) is 4.74 Å². The fraction of sp³-hybridized carbons (Fsp3) is 0.508. The summed E-state index contributed by atoms with van der Waals surface area (Å²) in [4.78, 5) is 2.75. The molecule has 3 nitrogen and oxygen atoms in total. The van der Waals surface area contributed by atoms with Crippen molar-refractivity contribution in [3.05, 3.63) is 116 Å². The van der Waals surface area contributed by atoms with Crippen LogP contribution in [0.3, 0.4) is 0 Å². The molecule has 0 spiro atoms. The molecule has 0 aromatic heterocycles. The molecule has 4 heteroatoms. The predicted octanol–water partition coefficient (Wildman–Crippen LogP) is 13.7. The highest BCUT2D eigenvalue weighted by Crippen LogP contribution is 2.56. The Morgan fingerprint density at radius 1 is 0.692 bits per heavy atom. The number of nitrogens with zero attached hydrogens (tertiary/aromatic N) is 1. The lowest BCUT2D eigenvalue weighted by molar-refractivity contribution is 0.259. The van der Waals surface area contributed by atoms with Crippen LogP contribution in [0.2, 0.25) is 0 Å². The van der Waals surface area contributed by atoms with Gasteiger partial charge in [-0.3, -0.25) is 0 Å². The third-order valence-corrected chi connectivity index (χ3v) is 18.0. The number of rotatable bonds is 4. The van der Waals surface area contributed by atoms with Gasteiger partial charge < -0.3 is 15.0 Å². The summed E-state index contributed by atoms with van der Waals surface area (Å²) in [6.45, 7) is 31.8. The van der Waals surface area contributed by atoms with Gasteiger partial charge in [0.25, 0.3) is 0 Å². The normalized spacial score (nSPS) is 28.1. The summed E-state index contributed by atoms with van der Waals surface area (Å²) in [7, 11) is 0.898. The van der Waals surface area contributed by atoms with Crippen LogP contribution in [-0.2, 0) is 21.7 Å². The lowest BCUT2D eigenvalue weighted by Gasteiger charge is -2.49. The van der Waals surface area contributed by atoms with E-state index in [0.29, 0.717) is 5.92 Å². The summed E-state index contributed by atoms with van der Waals surface area (Å²) in [5, 5.41) is 4.11. The summed E-state index contributed by atoms with van der Waals surface area (Å²) in [6.07, 6.45) is 15.7. The minimum absolute atomic E-state index is 0.0279. The zero-order valence-electron chi connectivity index (χ0n) is 41.8. The van der Waals surface area contributed by atoms with Crippen LogP contribution < -0.4 is 20.4 Å². The number of benzene rings is 3. The maximum atomic E-state index is 7.04. The van der Waals surface area contributed by atoms with Gasteiger partial charge in [0, 0.05) is 40.2 Å². The molecule has 334 valence electrons. The van der Waals surface area contributed by atoms with Crippen molar-refractivity contribution in [3.8, 4) is 29.4 Å². The number of hydrogen-bond acceptors (Lipinski definition) is 3.